The van der Waals surface area contributed by atoms with E-state index in [4.69, 9.17) is 5.73 Å². The number of anilines is 1. The van der Waals surface area contributed by atoms with Gasteiger partial charge in [-0.15, -0.1) is 0 Å². The summed E-state index contributed by atoms with van der Waals surface area (Å²) in [5, 5.41) is 3.56. The zero-order valence-corrected chi connectivity index (χ0v) is 9.28. The van der Waals surface area contributed by atoms with Gasteiger partial charge in [0.25, 0.3) is 0 Å². The first-order valence-electron chi connectivity index (χ1n) is 4.89. The molecular weight excluding hydrogens is 249 g/mol. The Hall–Kier alpha value is -2.18. The van der Waals surface area contributed by atoms with Crippen molar-refractivity contribution in [3.63, 3.8) is 0 Å². The summed E-state index contributed by atoms with van der Waals surface area (Å²) in [6.45, 7) is 0. The first-order valence-corrected chi connectivity index (χ1v) is 4.89. The van der Waals surface area contributed by atoms with E-state index in [2.05, 4.69) is 14.4 Å². The van der Waals surface area contributed by atoms with E-state index in [0.717, 1.165) is 6.07 Å². The van der Waals surface area contributed by atoms with Crippen LogP contribution in [0, 0.1) is 0 Å². The molecule has 2 aromatic rings. The Morgan fingerprint density at radius 3 is 2.50 bits per heavy atom. The first-order chi connectivity index (χ1) is 8.41. The number of alkyl halides is 3. The summed E-state index contributed by atoms with van der Waals surface area (Å²) < 4.78 is 47.7. The molecule has 0 aliphatic heterocycles. The van der Waals surface area contributed by atoms with Crippen LogP contribution in [0.25, 0.3) is 11.3 Å². The number of hydrogen-bond donors (Lipinski definition) is 1. The number of benzene rings is 1. The molecule has 0 amide bonds. The van der Waals surface area contributed by atoms with Crippen molar-refractivity contribution in [2.75, 3.05) is 12.8 Å². The lowest BCUT2D eigenvalue weighted by Gasteiger charge is -2.12. The minimum Gasteiger partial charge on any atom is -0.496 e. The Kier molecular flexibility index (Phi) is 2.90. The summed E-state index contributed by atoms with van der Waals surface area (Å²) in [4.78, 5) is 0. The third-order valence-electron chi connectivity index (χ3n) is 2.33. The van der Waals surface area contributed by atoms with Crippen LogP contribution in [-0.4, -0.2) is 12.3 Å². The summed E-state index contributed by atoms with van der Waals surface area (Å²) in [7, 11) is 1.18. The molecule has 0 atom stereocenters. The third-order valence-corrected chi connectivity index (χ3v) is 2.33. The van der Waals surface area contributed by atoms with Crippen LogP contribution in [-0.2, 0) is 6.18 Å². The van der Waals surface area contributed by atoms with E-state index < -0.39 is 11.7 Å². The molecule has 1 aromatic carbocycles. The van der Waals surface area contributed by atoms with Gasteiger partial charge in [0.2, 0.25) is 5.88 Å². The summed E-state index contributed by atoms with van der Waals surface area (Å²) in [5.74, 6) is -0.211. The van der Waals surface area contributed by atoms with Gasteiger partial charge in [-0.3, -0.25) is 0 Å². The Bertz CT molecular complexity index is 564. The Balaban J connectivity index is 2.52. The van der Waals surface area contributed by atoms with Crippen LogP contribution in [0.2, 0.25) is 0 Å². The maximum Gasteiger partial charge on any atom is 0.419 e. The van der Waals surface area contributed by atoms with E-state index in [9.17, 15) is 13.2 Å². The molecule has 1 heterocycles. The molecule has 1 aromatic heterocycles. The van der Waals surface area contributed by atoms with Gasteiger partial charge in [-0.05, 0) is 18.2 Å². The number of nitrogens with two attached hydrogens (primary N) is 1. The molecular formula is C11H9F3N2O2. The molecule has 4 nitrogen and oxygen atoms in total. The van der Waals surface area contributed by atoms with Crippen LogP contribution < -0.4 is 10.5 Å². The number of halogens is 3. The maximum atomic E-state index is 12.8. The Labute approximate surface area is 100 Å². The molecule has 0 bridgehead atoms. The minimum absolute atomic E-state index is 0.0365. The van der Waals surface area contributed by atoms with E-state index in [1.54, 1.807) is 0 Å². The fourth-order valence-electron chi connectivity index (χ4n) is 1.51. The van der Waals surface area contributed by atoms with E-state index >= 15 is 0 Å². The molecule has 96 valence electrons. The lowest BCUT2D eigenvalue weighted by atomic mass is 10.1. The molecule has 0 saturated heterocycles. The second-order valence-electron chi connectivity index (χ2n) is 3.53. The van der Waals surface area contributed by atoms with Crippen LogP contribution >= 0.6 is 0 Å². The number of hydrogen-bond acceptors (Lipinski definition) is 4. The predicted octanol–water partition coefficient (Wildman–Crippen LogP) is 2.95. The van der Waals surface area contributed by atoms with Crippen molar-refractivity contribution in [1.29, 1.82) is 0 Å². The lowest BCUT2D eigenvalue weighted by molar-refractivity contribution is -0.138. The summed E-state index contributed by atoms with van der Waals surface area (Å²) in [5.41, 5.74) is 4.94. The van der Waals surface area contributed by atoms with Crippen molar-refractivity contribution < 1.29 is 22.4 Å². The Morgan fingerprint density at radius 1 is 1.28 bits per heavy atom. The minimum atomic E-state index is -4.50. The van der Waals surface area contributed by atoms with Gasteiger partial charge in [-0.2, -0.15) is 13.2 Å². The molecule has 18 heavy (non-hydrogen) atoms. The largest absolute Gasteiger partial charge is 0.496 e. The number of nitrogen functional groups attached to an aromatic ring is 1. The standard InChI is InChI=1S/C11H9F3N2O2/c1-17-9-3-2-6(4-7(9)11(12,13)14)8-5-10(15)18-16-8/h2-5H,15H2,1H3. The number of rotatable bonds is 2. The number of ether oxygens (including phenoxy) is 1. The first kappa shape index (κ1) is 12.3. The van der Waals surface area contributed by atoms with Gasteiger partial charge in [0.15, 0.2) is 0 Å². The molecule has 0 aliphatic rings. The van der Waals surface area contributed by atoms with Gasteiger partial charge in [0.1, 0.15) is 11.4 Å². The molecule has 0 aliphatic carbocycles. The average molecular weight is 258 g/mol. The summed E-state index contributed by atoms with van der Waals surface area (Å²) >= 11 is 0. The SMILES string of the molecule is COc1ccc(-c2cc(N)on2)cc1C(F)(F)F. The molecule has 2 N–H and O–H groups in total. The monoisotopic (exact) mass is 258 g/mol. The highest BCUT2D eigenvalue weighted by Gasteiger charge is 2.34. The summed E-state index contributed by atoms with van der Waals surface area (Å²) in [6, 6.07) is 4.96. The number of nitrogens with zero attached hydrogens (tertiary/aromatic N) is 1. The Morgan fingerprint density at radius 2 is 2.00 bits per heavy atom. The lowest BCUT2D eigenvalue weighted by Crippen LogP contribution is -2.07. The third kappa shape index (κ3) is 2.24. The maximum absolute atomic E-state index is 12.8. The fourth-order valence-corrected chi connectivity index (χ4v) is 1.51. The molecule has 0 spiro atoms. The predicted molar refractivity (Wildman–Crippen MR) is 57.9 cm³/mol. The van der Waals surface area contributed by atoms with Gasteiger partial charge in [0, 0.05) is 11.6 Å². The summed E-state index contributed by atoms with van der Waals surface area (Å²) in [6.07, 6.45) is -4.50. The van der Waals surface area contributed by atoms with Crippen molar-refractivity contribution >= 4 is 5.88 Å². The van der Waals surface area contributed by atoms with Gasteiger partial charge in [-0.25, -0.2) is 0 Å². The molecule has 0 unspecified atom stereocenters. The van der Waals surface area contributed by atoms with Gasteiger partial charge in [0.05, 0.1) is 12.7 Å². The second kappa shape index (κ2) is 4.25. The van der Waals surface area contributed by atoms with Crippen molar-refractivity contribution in [3.8, 4) is 17.0 Å². The highest BCUT2D eigenvalue weighted by molar-refractivity contribution is 5.64. The van der Waals surface area contributed by atoms with Crippen LogP contribution in [0.3, 0.4) is 0 Å². The zero-order chi connectivity index (χ0) is 13.3. The number of aromatic nitrogens is 1. The van der Waals surface area contributed by atoms with Crippen molar-refractivity contribution in [3.05, 3.63) is 29.8 Å². The fraction of sp³-hybridized carbons (Fsp3) is 0.182. The van der Waals surface area contributed by atoms with Crippen LogP contribution in [0.5, 0.6) is 5.75 Å². The van der Waals surface area contributed by atoms with E-state index in [0.29, 0.717) is 0 Å². The van der Waals surface area contributed by atoms with Gasteiger partial charge >= 0.3 is 6.18 Å². The second-order valence-corrected chi connectivity index (χ2v) is 3.53. The molecule has 7 heteroatoms. The van der Waals surface area contributed by atoms with Crippen molar-refractivity contribution in [2.24, 2.45) is 0 Å². The quantitative estimate of drug-likeness (QED) is 0.899. The normalized spacial score (nSPS) is 11.6. The average Bonchev–Trinajstić information content (AvgIpc) is 2.74. The van der Waals surface area contributed by atoms with E-state index in [-0.39, 0.29) is 22.9 Å². The molecule has 0 fully saturated rings. The highest BCUT2D eigenvalue weighted by Crippen LogP contribution is 2.38. The van der Waals surface area contributed by atoms with Gasteiger partial charge in [-0.1, -0.05) is 5.16 Å². The van der Waals surface area contributed by atoms with Crippen LogP contribution in [0.1, 0.15) is 5.56 Å². The number of methoxy groups -OCH3 is 1. The van der Waals surface area contributed by atoms with Gasteiger partial charge < -0.3 is 15.0 Å². The zero-order valence-electron chi connectivity index (χ0n) is 9.28. The van der Waals surface area contributed by atoms with Crippen molar-refractivity contribution in [1.82, 2.24) is 5.16 Å². The topological polar surface area (TPSA) is 61.3 Å². The molecule has 0 radical (unpaired) electrons. The van der Waals surface area contributed by atoms with E-state index in [1.165, 1.54) is 25.3 Å². The van der Waals surface area contributed by atoms with E-state index in [1.807, 2.05) is 0 Å². The highest BCUT2D eigenvalue weighted by atomic mass is 19.4. The molecule has 0 saturated carbocycles. The smallest absolute Gasteiger partial charge is 0.419 e. The van der Waals surface area contributed by atoms with Crippen LogP contribution in [0.15, 0.2) is 28.8 Å². The molecule has 2 rings (SSSR count). The van der Waals surface area contributed by atoms with Crippen molar-refractivity contribution in [2.45, 2.75) is 6.18 Å². The van der Waals surface area contributed by atoms with Crippen LogP contribution in [0.4, 0.5) is 19.1 Å².